The highest BCUT2D eigenvalue weighted by Crippen LogP contribution is 2.61. The molecule has 3 N–H and O–H groups in total. The van der Waals surface area contributed by atoms with Crippen LogP contribution in [0.3, 0.4) is 0 Å². The molecule has 2 saturated carbocycles. The summed E-state index contributed by atoms with van der Waals surface area (Å²) in [5.74, 6) is 0.921. The highest BCUT2D eigenvalue weighted by molar-refractivity contribution is 5.91. The molecular weight excluding hydrogens is 495 g/mol. The summed E-state index contributed by atoms with van der Waals surface area (Å²) < 4.78 is 21.7. The van der Waals surface area contributed by atoms with Crippen molar-refractivity contribution in [3.8, 4) is 11.5 Å². The second-order valence-electron chi connectivity index (χ2n) is 12.5. The lowest BCUT2D eigenvalue weighted by Crippen LogP contribution is -2.51. The summed E-state index contributed by atoms with van der Waals surface area (Å²) in [5, 5.41) is 23.8. The number of rotatable bonds is 6. The molecule has 2 aromatic carbocycles. The number of benzene rings is 2. The van der Waals surface area contributed by atoms with Crippen molar-refractivity contribution in [3.05, 3.63) is 53.3 Å². The molecule has 210 valence electrons. The van der Waals surface area contributed by atoms with E-state index in [-0.39, 0.29) is 40.9 Å². The highest BCUT2D eigenvalue weighted by atomic mass is 19.1. The predicted octanol–water partition coefficient (Wildman–Crippen LogP) is 5.62. The van der Waals surface area contributed by atoms with E-state index in [1.165, 1.54) is 30.9 Å². The zero-order valence-electron chi connectivity index (χ0n) is 22.9. The van der Waals surface area contributed by atoms with Crippen molar-refractivity contribution < 1.29 is 24.1 Å². The molecule has 0 aromatic heterocycles. The Labute approximate surface area is 230 Å². The second kappa shape index (κ2) is 10.7. The molecule has 1 saturated heterocycles. The lowest BCUT2D eigenvalue weighted by atomic mass is 9.54. The number of ether oxygens (including phenoxy) is 1. The normalized spacial score (nSPS) is 32.1. The van der Waals surface area contributed by atoms with Gasteiger partial charge in [0.15, 0.2) is 0 Å². The van der Waals surface area contributed by atoms with Gasteiger partial charge in [0.05, 0.1) is 11.8 Å². The Morgan fingerprint density at radius 3 is 2.74 bits per heavy atom. The van der Waals surface area contributed by atoms with E-state index in [9.17, 15) is 15.0 Å². The van der Waals surface area contributed by atoms with Crippen molar-refractivity contribution in [2.75, 3.05) is 25.0 Å². The van der Waals surface area contributed by atoms with Crippen molar-refractivity contribution in [2.45, 2.75) is 82.8 Å². The van der Waals surface area contributed by atoms with Crippen LogP contribution < -0.4 is 10.1 Å². The topological polar surface area (TPSA) is 82.0 Å². The molecule has 0 bridgehead atoms. The van der Waals surface area contributed by atoms with Crippen LogP contribution >= 0.6 is 0 Å². The summed E-state index contributed by atoms with van der Waals surface area (Å²) in [4.78, 5) is 14.8. The molecule has 0 spiro atoms. The summed E-state index contributed by atoms with van der Waals surface area (Å²) in [7, 11) is 0. The number of phenolic OH excluding ortho intramolecular Hbond substituents is 1. The number of piperidine rings is 1. The van der Waals surface area contributed by atoms with Crippen LogP contribution in [0.15, 0.2) is 36.4 Å². The van der Waals surface area contributed by atoms with E-state index in [2.05, 4.69) is 17.1 Å². The number of aromatic hydroxyl groups is 1. The third-order valence-corrected chi connectivity index (χ3v) is 10.2. The first-order chi connectivity index (χ1) is 18.8. The maximum absolute atomic E-state index is 15.2. The summed E-state index contributed by atoms with van der Waals surface area (Å²) in [6.45, 7) is 4.94. The van der Waals surface area contributed by atoms with Crippen LogP contribution in [-0.2, 0) is 11.2 Å². The maximum atomic E-state index is 15.2. The van der Waals surface area contributed by atoms with Gasteiger partial charge in [-0.2, -0.15) is 0 Å². The average molecular weight is 537 g/mol. The van der Waals surface area contributed by atoms with Crippen molar-refractivity contribution in [1.82, 2.24) is 4.90 Å². The van der Waals surface area contributed by atoms with Crippen molar-refractivity contribution in [3.63, 3.8) is 0 Å². The maximum Gasteiger partial charge on any atom is 0.225 e. The van der Waals surface area contributed by atoms with Crippen molar-refractivity contribution >= 4 is 11.6 Å². The fourth-order valence-corrected chi connectivity index (χ4v) is 8.20. The molecule has 0 radical (unpaired) electrons. The van der Waals surface area contributed by atoms with Gasteiger partial charge in [0.25, 0.3) is 0 Å². The average Bonchev–Trinajstić information content (AvgIpc) is 3.23. The van der Waals surface area contributed by atoms with Gasteiger partial charge in [0.2, 0.25) is 5.91 Å². The Kier molecular flexibility index (Phi) is 7.32. The lowest BCUT2D eigenvalue weighted by molar-refractivity contribution is -0.116. The number of carbonyl (C=O) groups is 1. The second-order valence-corrected chi connectivity index (χ2v) is 12.5. The number of anilines is 1. The largest absolute Gasteiger partial charge is 0.508 e. The number of nitrogens with one attached hydrogen (secondary N) is 1. The Hall–Kier alpha value is -2.64. The summed E-state index contributed by atoms with van der Waals surface area (Å²) >= 11 is 0. The minimum Gasteiger partial charge on any atom is -0.508 e. The SMILES string of the molecule is C[C@]12C[C@H](Oc3ccc(NC(=O)CCN4CCCCC4)c(F)c3)[C@@H]3c4ccc(O)cc4CC[C@H]3[C@@H]1CC[C@@H]2O. The Bertz CT molecular complexity index is 1210. The van der Waals surface area contributed by atoms with E-state index in [0.717, 1.165) is 44.3 Å². The van der Waals surface area contributed by atoms with Crippen LogP contribution in [0.1, 0.15) is 75.3 Å². The minimum atomic E-state index is -0.509. The number of aliphatic hydroxyl groups is 1. The fraction of sp³-hybridized carbons (Fsp3) is 0.594. The van der Waals surface area contributed by atoms with Crippen LogP contribution in [0.5, 0.6) is 11.5 Å². The third kappa shape index (κ3) is 5.16. The van der Waals surface area contributed by atoms with Gasteiger partial charge in [-0.05, 0) is 105 Å². The molecule has 2 aromatic rings. The number of aryl methyl sites for hydroxylation is 1. The van der Waals surface area contributed by atoms with Gasteiger partial charge in [-0.1, -0.05) is 19.4 Å². The third-order valence-electron chi connectivity index (χ3n) is 10.2. The number of halogens is 1. The Morgan fingerprint density at radius 2 is 1.95 bits per heavy atom. The quantitative estimate of drug-likeness (QED) is 0.447. The summed E-state index contributed by atoms with van der Waals surface area (Å²) in [5.41, 5.74) is 2.29. The van der Waals surface area contributed by atoms with Gasteiger partial charge < -0.3 is 25.2 Å². The molecule has 1 aliphatic heterocycles. The van der Waals surface area contributed by atoms with Gasteiger partial charge in [0, 0.05) is 30.4 Å². The highest BCUT2D eigenvalue weighted by Gasteiger charge is 2.58. The van der Waals surface area contributed by atoms with Crippen molar-refractivity contribution in [1.29, 1.82) is 0 Å². The van der Waals surface area contributed by atoms with Crippen LogP contribution in [-0.4, -0.2) is 52.9 Å². The first-order valence-electron chi connectivity index (χ1n) is 14.8. The Balaban J connectivity index is 1.19. The first kappa shape index (κ1) is 26.6. The molecule has 3 fully saturated rings. The van der Waals surface area contributed by atoms with Gasteiger partial charge in [0.1, 0.15) is 23.4 Å². The molecule has 6 rings (SSSR count). The molecule has 6 nitrogen and oxygen atoms in total. The summed E-state index contributed by atoms with van der Waals surface area (Å²) in [6.07, 6.45) is 7.76. The zero-order valence-corrected chi connectivity index (χ0v) is 22.9. The molecule has 39 heavy (non-hydrogen) atoms. The number of amides is 1. The zero-order chi connectivity index (χ0) is 27.1. The Morgan fingerprint density at radius 1 is 1.13 bits per heavy atom. The van der Waals surface area contributed by atoms with Crippen LogP contribution in [0, 0.1) is 23.1 Å². The van der Waals surface area contributed by atoms with E-state index in [4.69, 9.17) is 4.74 Å². The fourth-order valence-electron chi connectivity index (χ4n) is 8.20. The smallest absolute Gasteiger partial charge is 0.225 e. The van der Waals surface area contributed by atoms with Gasteiger partial charge >= 0.3 is 0 Å². The van der Waals surface area contributed by atoms with E-state index >= 15 is 4.39 Å². The van der Waals surface area contributed by atoms with Gasteiger partial charge in [-0.25, -0.2) is 4.39 Å². The van der Waals surface area contributed by atoms with Gasteiger partial charge in [-0.15, -0.1) is 0 Å². The van der Waals surface area contributed by atoms with Crippen LogP contribution in [0.2, 0.25) is 0 Å². The molecule has 3 aliphatic carbocycles. The molecule has 6 atom stereocenters. The number of hydrogen-bond donors (Lipinski definition) is 3. The number of fused-ring (bicyclic) bond motifs is 5. The van der Waals surface area contributed by atoms with Crippen molar-refractivity contribution in [2.24, 2.45) is 17.3 Å². The molecule has 0 unspecified atom stereocenters. The molecule has 4 aliphatic rings. The molecular formula is C32H41FN2O4. The molecule has 7 heteroatoms. The van der Waals surface area contributed by atoms with Crippen LogP contribution in [0.25, 0.3) is 0 Å². The lowest BCUT2D eigenvalue weighted by Gasteiger charge is -2.53. The number of carbonyl (C=O) groups excluding carboxylic acids is 1. The van der Waals surface area contributed by atoms with E-state index in [1.54, 1.807) is 18.2 Å². The van der Waals surface area contributed by atoms with E-state index < -0.39 is 5.82 Å². The number of hydrogen-bond acceptors (Lipinski definition) is 5. The molecule has 1 amide bonds. The first-order valence-corrected chi connectivity index (χ1v) is 14.8. The molecule has 1 heterocycles. The number of likely N-dealkylation sites (tertiary alicyclic amines) is 1. The van der Waals surface area contributed by atoms with Gasteiger partial charge in [-0.3, -0.25) is 4.79 Å². The monoisotopic (exact) mass is 536 g/mol. The minimum absolute atomic E-state index is 0.120. The van der Waals surface area contributed by atoms with E-state index in [1.807, 2.05) is 12.1 Å². The number of nitrogens with zero attached hydrogens (tertiary/aromatic N) is 1. The van der Waals surface area contributed by atoms with Crippen LogP contribution in [0.4, 0.5) is 10.1 Å². The standard InChI is InChI=1S/C32H41FN2O4/c1-32-19-28(31-23-9-6-21(36)17-20(23)5-8-24(31)25(32)10-12-29(32)37)39-22-7-11-27(26(33)18-22)34-30(38)13-16-35-14-3-2-4-15-35/h6-7,9,11,17-18,24-25,28-29,31,36-37H,2-5,8,10,12-16,19H2,1H3,(H,34,38)/t24-,25-,28-,29-,31+,32-/m0/s1. The predicted molar refractivity (Wildman–Crippen MR) is 148 cm³/mol. The summed E-state index contributed by atoms with van der Waals surface area (Å²) in [6, 6.07) is 10.3. The van der Waals surface area contributed by atoms with E-state index in [0.29, 0.717) is 37.0 Å². The number of phenols is 1. The number of aliphatic hydroxyl groups excluding tert-OH is 1.